The van der Waals surface area contributed by atoms with E-state index >= 15 is 0 Å². The maximum absolute atomic E-state index is 5.76. The number of hydrogen-bond donors (Lipinski definition) is 2. The maximum atomic E-state index is 5.76. The predicted molar refractivity (Wildman–Crippen MR) is 38.4 cm³/mol. The van der Waals surface area contributed by atoms with E-state index in [-0.39, 0.29) is 11.6 Å². The van der Waals surface area contributed by atoms with Gasteiger partial charge in [-0.3, -0.25) is 0 Å². The Bertz CT molecular complexity index is 137. The van der Waals surface area contributed by atoms with Crippen molar-refractivity contribution in [2.24, 2.45) is 17.4 Å². The smallest absolute Gasteiger partial charge is 0.0811 e. The van der Waals surface area contributed by atoms with Crippen molar-refractivity contribution in [2.45, 2.75) is 24.5 Å². The number of nitrogens with two attached hydrogens (primary N) is 2. The van der Waals surface area contributed by atoms with Crippen LogP contribution in [0.3, 0.4) is 0 Å². The Morgan fingerprint density at radius 3 is 2.60 bits per heavy atom. The summed E-state index contributed by atoms with van der Waals surface area (Å²) in [6, 6.07) is 0.272. The molecule has 3 heteroatoms. The van der Waals surface area contributed by atoms with E-state index in [0.717, 1.165) is 12.8 Å². The molecule has 1 saturated carbocycles. The molecule has 1 unspecified atom stereocenters. The molecular weight excluding hydrogens is 128 g/mol. The van der Waals surface area contributed by atoms with Crippen LogP contribution in [-0.4, -0.2) is 24.8 Å². The zero-order chi connectivity index (χ0) is 7.19. The van der Waals surface area contributed by atoms with Crippen LogP contribution in [0.2, 0.25) is 0 Å². The van der Waals surface area contributed by atoms with Crippen LogP contribution in [0.4, 0.5) is 0 Å². The maximum Gasteiger partial charge on any atom is 0.0811 e. The molecule has 3 fully saturated rings. The van der Waals surface area contributed by atoms with Crippen LogP contribution in [0.5, 0.6) is 0 Å². The van der Waals surface area contributed by atoms with Gasteiger partial charge in [0, 0.05) is 12.6 Å². The molecule has 0 aromatic heterocycles. The van der Waals surface area contributed by atoms with Gasteiger partial charge in [0.15, 0.2) is 0 Å². The number of fused-ring (bicyclic) bond motifs is 2. The molecule has 0 aromatic carbocycles. The average molecular weight is 142 g/mol. The summed E-state index contributed by atoms with van der Waals surface area (Å²) in [5.74, 6) is 0.692. The van der Waals surface area contributed by atoms with E-state index < -0.39 is 0 Å². The van der Waals surface area contributed by atoms with Crippen LogP contribution in [0.1, 0.15) is 12.8 Å². The van der Waals surface area contributed by atoms with Crippen molar-refractivity contribution in [1.82, 2.24) is 0 Å². The molecule has 0 radical (unpaired) electrons. The third-order valence-corrected chi connectivity index (χ3v) is 2.83. The summed E-state index contributed by atoms with van der Waals surface area (Å²) in [4.78, 5) is 0. The van der Waals surface area contributed by atoms with Crippen molar-refractivity contribution in [3.63, 3.8) is 0 Å². The van der Waals surface area contributed by atoms with Gasteiger partial charge in [-0.2, -0.15) is 0 Å². The van der Waals surface area contributed by atoms with E-state index in [4.69, 9.17) is 16.2 Å². The van der Waals surface area contributed by atoms with E-state index in [1.165, 1.54) is 0 Å². The number of ether oxygens (including phenoxy) is 1. The third kappa shape index (κ3) is 0.713. The van der Waals surface area contributed by atoms with Gasteiger partial charge in [-0.15, -0.1) is 0 Å². The van der Waals surface area contributed by atoms with Crippen LogP contribution >= 0.6 is 0 Å². The van der Waals surface area contributed by atoms with E-state index in [9.17, 15) is 0 Å². The molecule has 2 bridgehead atoms. The Morgan fingerprint density at radius 2 is 2.20 bits per heavy atom. The van der Waals surface area contributed by atoms with Crippen molar-refractivity contribution < 1.29 is 4.74 Å². The molecule has 2 aliphatic heterocycles. The molecule has 10 heavy (non-hydrogen) atoms. The fourth-order valence-electron chi connectivity index (χ4n) is 1.95. The summed E-state index contributed by atoms with van der Waals surface area (Å²) in [7, 11) is 0. The number of rotatable bonds is 1. The second-order valence-corrected chi connectivity index (χ2v) is 3.53. The summed E-state index contributed by atoms with van der Waals surface area (Å²) in [5.41, 5.74) is 11.4. The van der Waals surface area contributed by atoms with Crippen molar-refractivity contribution in [1.29, 1.82) is 0 Å². The molecule has 1 aliphatic carbocycles. The van der Waals surface area contributed by atoms with Crippen molar-refractivity contribution in [3.8, 4) is 0 Å². The highest BCUT2D eigenvalue weighted by atomic mass is 16.5. The van der Waals surface area contributed by atoms with Gasteiger partial charge in [0.2, 0.25) is 0 Å². The molecule has 0 amide bonds. The first-order valence-corrected chi connectivity index (χ1v) is 3.85. The third-order valence-electron chi connectivity index (χ3n) is 2.83. The lowest BCUT2D eigenvalue weighted by Crippen LogP contribution is -2.63. The van der Waals surface area contributed by atoms with Gasteiger partial charge in [-0.05, 0) is 18.8 Å². The van der Waals surface area contributed by atoms with Crippen molar-refractivity contribution >= 4 is 0 Å². The molecule has 3 aliphatic rings. The van der Waals surface area contributed by atoms with Gasteiger partial charge in [-0.25, -0.2) is 0 Å². The van der Waals surface area contributed by atoms with Gasteiger partial charge in [-0.1, -0.05) is 0 Å². The second-order valence-electron chi connectivity index (χ2n) is 3.53. The Morgan fingerprint density at radius 1 is 1.50 bits per heavy atom. The normalized spacial score (nSPS) is 52.2. The molecule has 4 N–H and O–H groups in total. The lowest BCUT2D eigenvalue weighted by atomic mass is 9.65. The zero-order valence-corrected chi connectivity index (χ0v) is 6.05. The first-order chi connectivity index (χ1) is 4.76. The lowest BCUT2D eigenvalue weighted by molar-refractivity contribution is -0.179. The van der Waals surface area contributed by atoms with Crippen LogP contribution in [0.25, 0.3) is 0 Å². The largest absolute Gasteiger partial charge is 0.372 e. The minimum atomic E-state index is 0.0422. The molecular formula is C7H14N2O. The molecule has 3 nitrogen and oxygen atoms in total. The molecule has 2 saturated heterocycles. The summed E-state index contributed by atoms with van der Waals surface area (Å²) in [5, 5.41) is 0. The van der Waals surface area contributed by atoms with Crippen LogP contribution in [0.15, 0.2) is 0 Å². The van der Waals surface area contributed by atoms with Crippen molar-refractivity contribution in [2.75, 3.05) is 13.2 Å². The highest BCUT2D eigenvalue weighted by molar-refractivity contribution is 5.04. The van der Waals surface area contributed by atoms with E-state index in [1.807, 2.05) is 0 Å². The highest BCUT2D eigenvalue weighted by Gasteiger charge is 2.50. The quantitative estimate of drug-likeness (QED) is 0.516. The Balaban J connectivity index is 2.01. The molecule has 58 valence electrons. The SMILES string of the molecule is NCC12CC(C1)C(N)CO2. The standard InChI is InChI=1S/C7H14N2O/c8-4-7-1-5(2-7)6(9)3-10-7/h5-6H,1-4,8-9H2. The van der Waals surface area contributed by atoms with Crippen LogP contribution in [0, 0.1) is 5.92 Å². The van der Waals surface area contributed by atoms with Gasteiger partial charge in [0.1, 0.15) is 0 Å². The summed E-state index contributed by atoms with van der Waals surface area (Å²) < 4.78 is 5.54. The van der Waals surface area contributed by atoms with E-state index in [2.05, 4.69) is 0 Å². The fraction of sp³-hybridized carbons (Fsp3) is 1.00. The summed E-state index contributed by atoms with van der Waals surface area (Å²) >= 11 is 0. The Kier molecular flexibility index (Phi) is 1.27. The molecule has 0 spiro atoms. The topological polar surface area (TPSA) is 61.3 Å². The fourth-order valence-corrected chi connectivity index (χ4v) is 1.95. The zero-order valence-electron chi connectivity index (χ0n) is 6.05. The minimum absolute atomic E-state index is 0.0422. The van der Waals surface area contributed by atoms with Gasteiger partial charge < -0.3 is 16.2 Å². The molecule has 0 aromatic rings. The molecule has 1 atom stereocenters. The van der Waals surface area contributed by atoms with E-state index in [0.29, 0.717) is 19.1 Å². The molecule has 2 heterocycles. The first-order valence-electron chi connectivity index (χ1n) is 3.85. The van der Waals surface area contributed by atoms with Crippen molar-refractivity contribution in [3.05, 3.63) is 0 Å². The number of hydrogen-bond acceptors (Lipinski definition) is 3. The van der Waals surface area contributed by atoms with Crippen LogP contribution < -0.4 is 11.5 Å². The first kappa shape index (κ1) is 6.58. The Hall–Kier alpha value is -0.120. The van der Waals surface area contributed by atoms with Crippen LogP contribution in [-0.2, 0) is 4.74 Å². The highest BCUT2D eigenvalue weighted by Crippen LogP contribution is 2.45. The van der Waals surface area contributed by atoms with Gasteiger partial charge in [0.25, 0.3) is 0 Å². The minimum Gasteiger partial charge on any atom is -0.372 e. The van der Waals surface area contributed by atoms with E-state index in [1.54, 1.807) is 0 Å². The monoisotopic (exact) mass is 142 g/mol. The predicted octanol–water partition coefficient (Wildman–Crippen LogP) is -0.549. The van der Waals surface area contributed by atoms with Gasteiger partial charge in [0.05, 0.1) is 12.2 Å². The summed E-state index contributed by atoms with van der Waals surface area (Å²) in [6.07, 6.45) is 2.18. The Labute approximate surface area is 60.7 Å². The summed E-state index contributed by atoms with van der Waals surface area (Å²) in [6.45, 7) is 1.37. The second kappa shape index (κ2) is 1.94. The molecule has 3 rings (SSSR count). The average Bonchev–Trinajstić information content (AvgIpc) is 1.87. The van der Waals surface area contributed by atoms with Gasteiger partial charge >= 0.3 is 0 Å². The lowest BCUT2D eigenvalue weighted by Gasteiger charge is -2.54.